The van der Waals surface area contributed by atoms with Gasteiger partial charge in [0.15, 0.2) is 12.3 Å². The third kappa shape index (κ3) is 8.07. The van der Waals surface area contributed by atoms with Gasteiger partial charge in [-0.2, -0.15) is 5.10 Å². The quantitative estimate of drug-likeness (QED) is 0.305. The maximum absolute atomic E-state index is 11.6. The molecule has 2 atom stereocenters. The number of nitrogens with zero attached hydrogens (tertiary/aromatic N) is 3. The van der Waals surface area contributed by atoms with Gasteiger partial charge in [-0.25, -0.2) is 9.48 Å². The highest BCUT2D eigenvalue weighted by atomic mass is 16.6. The van der Waals surface area contributed by atoms with Crippen molar-refractivity contribution in [1.29, 1.82) is 0 Å². The summed E-state index contributed by atoms with van der Waals surface area (Å²) >= 11 is 0. The van der Waals surface area contributed by atoms with E-state index in [1.807, 2.05) is 22.9 Å². The van der Waals surface area contributed by atoms with Gasteiger partial charge in [0.25, 0.3) is 0 Å². The van der Waals surface area contributed by atoms with Crippen LogP contribution >= 0.6 is 0 Å². The first-order valence-corrected chi connectivity index (χ1v) is 12.4. The summed E-state index contributed by atoms with van der Waals surface area (Å²) in [6, 6.07) is 5.87. The maximum atomic E-state index is 11.6. The highest BCUT2D eigenvalue weighted by molar-refractivity contribution is 5.74. The molecule has 1 aliphatic rings. The Morgan fingerprint density at radius 2 is 2.00 bits per heavy atom. The Morgan fingerprint density at radius 3 is 2.71 bits per heavy atom. The Balaban J connectivity index is 1.29. The molecule has 3 heterocycles. The number of esters is 1. The zero-order valence-electron chi connectivity index (χ0n) is 20.1. The van der Waals surface area contributed by atoms with E-state index in [2.05, 4.69) is 10.1 Å². The highest BCUT2D eigenvalue weighted by Gasteiger charge is 2.20. The van der Waals surface area contributed by atoms with Crippen LogP contribution in [0.4, 0.5) is 0 Å². The Morgan fingerprint density at radius 1 is 1.18 bits per heavy atom. The summed E-state index contributed by atoms with van der Waals surface area (Å²) in [6.07, 6.45) is 10.8. The second kappa shape index (κ2) is 14.7. The summed E-state index contributed by atoms with van der Waals surface area (Å²) in [5.41, 5.74) is 1.81. The van der Waals surface area contributed by atoms with Gasteiger partial charge in [0, 0.05) is 19.4 Å². The molecule has 2 unspecified atom stereocenters. The lowest BCUT2D eigenvalue weighted by Crippen LogP contribution is -2.30. The van der Waals surface area contributed by atoms with Gasteiger partial charge in [-0.3, -0.25) is 4.98 Å². The van der Waals surface area contributed by atoms with Gasteiger partial charge < -0.3 is 24.1 Å². The molecule has 0 radical (unpaired) electrons. The fourth-order valence-corrected chi connectivity index (χ4v) is 3.86. The van der Waals surface area contributed by atoms with Crippen LogP contribution in [0.5, 0.6) is 5.75 Å². The van der Waals surface area contributed by atoms with Crippen LogP contribution in [0.15, 0.2) is 30.6 Å². The van der Waals surface area contributed by atoms with Gasteiger partial charge in [0.05, 0.1) is 37.4 Å². The van der Waals surface area contributed by atoms with Crippen molar-refractivity contribution in [3.63, 3.8) is 0 Å². The number of hydrogen-bond donors (Lipinski definition) is 1. The summed E-state index contributed by atoms with van der Waals surface area (Å²) in [5, 5.41) is 13.6. The molecule has 1 saturated heterocycles. The van der Waals surface area contributed by atoms with Crippen LogP contribution in [0.1, 0.15) is 64.5 Å². The van der Waals surface area contributed by atoms with E-state index in [1.165, 1.54) is 0 Å². The first-order chi connectivity index (χ1) is 16.7. The molecule has 0 aliphatic carbocycles. The molecule has 0 aromatic carbocycles. The normalized spacial score (nSPS) is 16.8. The average Bonchev–Trinajstić information content (AvgIpc) is 3.36. The summed E-state index contributed by atoms with van der Waals surface area (Å²) in [6.45, 7) is 3.50. The third-order valence-corrected chi connectivity index (χ3v) is 5.69. The summed E-state index contributed by atoms with van der Waals surface area (Å²) in [7, 11) is 0. The highest BCUT2D eigenvalue weighted by Crippen LogP contribution is 2.28. The minimum atomic E-state index is -0.880. The van der Waals surface area contributed by atoms with Gasteiger partial charge in [0.2, 0.25) is 0 Å². The molecule has 0 bridgehead atoms. The summed E-state index contributed by atoms with van der Waals surface area (Å²) in [5.74, 6) is 0.250. The van der Waals surface area contributed by atoms with Crippen LogP contribution in [0.2, 0.25) is 0 Å². The monoisotopic (exact) mass is 475 g/mol. The molecular formula is C25H37N3O6. The number of rotatable bonds is 15. The third-order valence-electron chi connectivity index (χ3n) is 5.69. The van der Waals surface area contributed by atoms with Crippen molar-refractivity contribution in [1.82, 2.24) is 14.8 Å². The molecule has 1 aliphatic heterocycles. The topological polar surface area (TPSA) is 105 Å². The van der Waals surface area contributed by atoms with Crippen LogP contribution in [0.25, 0.3) is 11.4 Å². The molecule has 1 fully saturated rings. The van der Waals surface area contributed by atoms with E-state index in [0.29, 0.717) is 13.2 Å². The van der Waals surface area contributed by atoms with Crippen LogP contribution in [0, 0.1) is 0 Å². The van der Waals surface area contributed by atoms with Crippen molar-refractivity contribution < 1.29 is 28.8 Å². The van der Waals surface area contributed by atoms with Gasteiger partial charge in [-0.1, -0.05) is 19.3 Å². The Bertz CT molecular complexity index is 835. The lowest BCUT2D eigenvalue weighted by atomic mass is 10.1. The fraction of sp³-hybridized carbons (Fsp3) is 0.640. The minimum absolute atomic E-state index is 0.0169. The predicted octanol–water partition coefficient (Wildman–Crippen LogP) is 3.91. The number of aromatic nitrogens is 3. The summed E-state index contributed by atoms with van der Waals surface area (Å²) < 4.78 is 23.9. The molecule has 9 heteroatoms. The van der Waals surface area contributed by atoms with Crippen molar-refractivity contribution >= 4 is 5.97 Å². The van der Waals surface area contributed by atoms with Crippen LogP contribution in [0.3, 0.4) is 0 Å². The van der Waals surface area contributed by atoms with E-state index in [4.69, 9.17) is 18.9 Å². The number of unbranched alkanes of at least 4 members (excludes halogenated alkanes) is 4. The number of ether oxygens (including phenoxy) is 4. The van der Waals surface area contributed by atoms with Gasteiger partial charge in [-0.15, -0.1) is 0 Å². The van der Waals surface area contributed by atoms with Crippen LogP contribution in [-0.2, 0) is 19.0 Å². The number of carbonyl (C=O) groups is 1. The number of aliphatic hydroxyl groups excluding tert-OH is 1. The van der Waals surface area contributed by atoms with Crippen molar-refractivity contribution in [2.75, 3.05) is 33.0 Å². The van der Waals surface area contributed by atoms with Gasteiger partial charge in [0.1, 0.15) is 5.75 Å². The number of aliphatic hydroxyl groups is 1. The molecule has 0 amide bonds. The first kappa shape index (κ1) is 26.1. The van der Waals surface area contributed by atoms with Gasteiger partial charge in [-0.05, 0) is 57.2 Å². The van der Waals surface area contributed by atoms with Crippen molar-refractivity contribution in [2.45, 2.75) is 70.6 Å². The zero-order valence-corrected chi connectivity index (χ0v) is 20.1. The summed E-state index contributed by atoms with van der Waals surface area (Å²) in [4.78, 5) is 16.1. The van der Waals surface area contributed by atoms with Crippen molar-refractivity contribution in [3.8, 4) is 17.1 Å². The SMILES string of the molecule is CCOC(=O)C(CO)OCCCCCCCOc1ccc(-c2ccnn2C2CCCCO2)nc1. The molecule has 9 nitrogen and oxygen atoms in total. The minimum Gasteiger partial charge on any atom is -0.492 e. The Hall–Kier alpha value is -2.49. The van der Waals surface area contributed by atoms with E-state index in [9.17, 15) is 9.90 Å². The number of pyridine rings is 1. The first-order valence-electron chi connectivity index (χ1n) is 12.4. The Labute approximate surface area is 201 Å². The predicted molar refractivity (Wildman–Crippen MR) is 126 cm³/mol. The van der Waals surface area contributed by atoms with E-state index in [-0.39, 0.29) is 19.4 Å². The molecule has 34 heavy (non-hydrogen) atoms. The standard InChI is InChI=1S/C25H37N3O6/c1-2-31-25(30)23(19-29)33-16-8-5-3-4-7-15-32-20-11-12-21(26-18-20)22-13-14-27-28(22)24-10-6-9-17-34-24/h11-14,18,23-24,29H,2-10,15-17,19H2,1H3. The molecular weight excluding hydrogens is 438 g/mol. The molecule has 0 spiro atoms. The zero-order chi connectivity index (χ0) is 24.0. The van der Waals surface area contributed by atoms with Crippen molar-refractivity contribution in [2.24, 2.45) is 0 Å². The molecule has 1 N–H and O–H groups in total. The molecule has 0 saturated carbocycles. The van der Waals surface area contributed by atoms with Crippen LogP contribution in [-0.4, -0.2) is 65.0 Å². The lowest BCUT2D eigenvalue weighted by Gasteiger charge is -2.24. The van der Waals surface area contributed by atoms with E-state index >= 15 is 0 Å². The number of carbonyl (C=O) groups excluding carboxylic acids is 1. The van der Waals surface area contributed by atoms with Crippen molar-refractivity contribution in [3.05, 3.63) is 30.6 Å². The van der Waals surface area contributed by atoms with Gasteiger partial charge >= 0.3 is 5.97 Å². The van der Waals surface area contributed by atoms with Crippen LogP contribution < -0.4 is 4.74 Å². The lowest BCUT2D eigenvalue weighted by molar-refractivity contribution is -0.159. The second-order valence-electron chi connectivity index (χ2n) is 8.27. The van der Waals surface area contributed by atoms with E-state index in [1.54, 1.807) is 19.3 Å². The molecule has 2 aromatic heterocycles. The number of hydrogen-bond acceptors (Lipinski definition) is 8. The smallest absolute Gasteiger partial charge is 0.337 e. The molecule has 188 valence electrons. The maximum Gasteiger partial charge on any atom is 0.337 e. The fourth-order valence-electron chi connectivity index (χ4n) is 3.86. The Kier molecular flexibility index (Phi) is 11.3. The molecule has 2 aromatic rings. The molecule has 3 rings (SSSR count). The second-order valence-corrected chi connectivity index (χ2v) is 8.27. The average molecular weight is 476 g/mol. The van der Waals surface area contributed by atoms with E-state index < -0.39 is 12.1 Å². The van der Waals surface area contributed by atoms with E-state index in [0.717, 1.165) is 75.1 Å². The largest absolute Gasteiger partial charge is 0.492 e.